The van der Waals surface area contributed by atoms with Gasteiger partial charge >= 0.3 is 0 Å². The largest absolute Gasteiger partial charge is 0.497 e. The summed E-state index contributed by atoms with van der Waals surface area (Å²) in [6, 6.07) is 5.58. The molecule has 1 amide bonds. The van der Waals surface area contributed by atoms with Crippen LogP contribution < -0.4 is 10.1 Å². The molecule has 0 aliphatic carbocycles. The van der Waals surface area contributed by atoms with E-state index in [1.54, 1.807) is 7.11 Å². The molecule has 0 heterocycles. The lowest BCUT2D eigenvalue weighted by Crippen LogP contribution is -2.08. The number of nitrogens with one attached hydrogen (secondary N) is 1. The molecule has 4 heteroatoms. The topological polar surface area (TPSA) is 58.6 Å². The third-order valence-corrected chi connectivity index (χ3v) is 2.48. The van der Waals surface area contributed by atoms with Crippen LogP contribution in [-0.2, 0) is 11.2 Å². The van der Waals surface area contributed by atoms with Crippen molar-refractivity contribution in [2.75, 3.05) is 19.0 Å². The van der Waals surface area contributed by atoms with Crippen LogP contribution in [0.25, 0.3) is 0 Å². The minimum absolute atomic E-state index is 0.0847. The Balaban J connectivity index is 2.82. The van der Waals surface area contributed by atoms with Crippen molar-refractivity contribution in [3.05, 3.63) is 23.8 Å². The Bertz CT molecular complexity index is 377. The molecule has 0 aliphatic rings. The molecule has 1 rings (SSSR count). The Morgan fingerprint density at radius 1 is 1.41 bits per heavy atom. The first-order valence-electron chi connectivity index (χ1n) is 5.72. The number of hydrogen-bond donors (Lipinski definition) is 2. The number of aliphatic hydroxyl groups is 1. The molecular formula is C13H19NO3. The van der Waals surface area contributed by atoms with E-state index >= 15 is 0 Å². The normalized spacial score (nSPS) is 10.1. The number of benzene rings is 1. The molecule has 0 radical (unpaired) electrons. The van der Waals surface area contributed by atoms with Crippen molar-refractivity contribution in [1.82, 2.24) is 0 Å². The second kappa shape index (κ2) is 6.91. The monoisotopic (exact) mass is 237 g/mol. The van der Waals surface area contributed by atoms with E-state index in [1.807, 2.05) is 18.2 Å². The second-order valence-electron chi connectivity index (χ2n) is 3.88. The summed E-state index contributed by atoms with van der Waals surface area (Å²) in [6.45, 7) is 1.68. The highest BCUT2D eigenvalue weighted by Gasteiger charge is 2.05. The standard InChI is InChI=1S/C13H19NO3/c1-10(16)14-13-7-6-12(17-2)9-11(13)5-3-4-8-15/h6-7,9,15H,3-5,8H2,1-2H3,(H,14,16). The van der Waals surface area contributed by atoms with Gasteiger partial charge in [0.15, 0.2) is 0 Å². The maximum absolute atomic E-state index is 11.1. The lowest BCUT2D eigenvalue weighted by atomic mass is 10.1. The first-order valence-corrected chi connectivity index (χ1v) is 5.72. The van der Waals surface area contributed by atoms with Gasteiger partial charge in [-0.1, -0.05) is 0 Å². The summed E-state index contributed by atoms with van der Waals surface area (Å²) in [5, 5.41) is 11.6. The van der Waals surface area contributed by atoms with Gasteiger partial charge in [-0.05, 0) is 43.0 Å². The van der Waals surface area contributed by atoms with E-state index < -0.39 is 0 Å². The lowest BCUT2D eigenvalue weighted by Gasteiger charge is -2.11. The average Bonchev–Trinajstić information content (AvgIpc) is 2.30. The summed E-state index contributed by atoms with van der Waals surface area (Å²) in [7, 11) is 1.62. The van der Waals surface area contributed by atoms with Crippen molar-refractivity contribution >= 4 is 11.6 Å². The van der Waals surface area contributed by atoms with Crippen LogP contribution >= 0.6 is 0 Å². The van der Waals surface area contributed by atoms with E-state index in [2.05, 4.69) is 5.32 Å². The number of ether oxygens (including phenoxy) is 1. The van der Waals surface area contributed by atoms with Gasteiger partial charge in [0, 0.05) is 19.2 Å². The zero-order valence-corrected chi connectivity index (χ0v) is 10.3. The zero-order chi connectivity index (χ0) is 12.7. The van der Waals surface area contributed by atoms with Gasteiger partial charge in [-0.3, -0.25) is 4.79 Å². The van der Waals surface area contributed by atoms with Gasteiger partial charge in [0.1, 0.15) is 5.75 Å². The molecule has 94 valence electrons. The average molecular weight is 237 g/mol. The third kappa shape index (κ3) is 4.44. The van der Waals surface area contributed by atoms with Gasteiger partial charge in [-0.2, -0.15) is 0 Å². The number of unbranched alkanes of at least 4 members (excludes halogenated alkanes) is 1. The lowest BCUT2D eigenvalue weighted by molar-refractivity contribution is -0.114. The number of aliphatic hydroxyl groups excluding tert-OH is 1. The van der Waals surface area contributed by atoms with Crippen LogP contribution in [0.2, 0.25) is 0 Å². The Labute approximate surface area is 102 Å². The predicted octanol–water partition coefficient (Wildman–Crippen LogP) is 1.97. The highest BCUT2D eigenvalue weighted by atomic mass is 16.5. The molecule has 17 heavy (non-hydrogen) atoms. The number of carbonyl (C=O) groups is 1. The minimum Gasteiger partial charge on any atom is -0.497 e. The molecule has 0 unspecified atom stereocenters. The third-order valence-electron chi connectivity index (χ3n) is 2.48. The van der Waals surface area contributed by atoms with E-state index in [0.29, 0.717) is 0 Å². The zero-order valence-electron chi connectivity index (χ0n) is 10.3. The highest BCUT2D eigenvalue weighted by Crippen LogP contribution is 2.23. The molecule has 0 bridgehead atoms. The van der Waals surface area contributed by atoms with Gasteiger partial charge in [-0.15, -0.1) is 0 Å². The molecule has 0 aliphatic heterocycles. The minimum atomic E-state index is -0.0847. The number of rotatable bonds is 6. The predicted molar refractivity (Wildman–Crippen MR) is 67.3 cm³/mol. The maximum Gasteiger partial charge on any atom is 0.221 e. The molecule has 0 atom stereocenters. The van der Waals surface area contributed by atoms with Crippen molar-refractivity contribution in [2.24, 2.45) is 0 Å². The van der Waals surface area contributed by atoms with Crippen molar-refractivity contribution in [1.29, 1.82) is 0 Å². The number of methoxy groups -OCH3 is 1. The summed E-state index contributed by atoms with van der Waals surface area (Å²) in [5.74, 6) is 0.691. The van der Waals surface area contributed by atoms with Crippen LogP contribution in [0.4, 0.5) is 5.69 Å². The van der Waals surface area contributed by atoms with Crippen LogP contribution in [0.1, 0.15) is 25.3 Å². The molecular weight excluding hydrogens is 218 g/mol. The molecule has 0 saturated heterocycles. The van der Waals surface area contributed by atoms with Crippen LogP contribution in [-0.4, -0.2) is 24.7 Å². The first-order chi connectivity index (χ1) is 8.17. The molecule has 0 spiro atoms. The van der Waals surface area contributed by atoms with Crippen LogP contribution in [0.15, 0.2) is 18.2 Å². The van der Waals surface area contributed by atoms with Crippen LogP contribution in [0.3, 0.4) is 0 Å². The number of amides is 1. The number of carbonyl (C=O) groups excluding carboxylic acids is 1. The quantitative estimate of drug-likeness (QED) is 0.744. The molecule has 2 N–H and O–H groups in total. The number of anilines is 1. The van der Waals surface area contributed by atoms with E-state index in [9.17, 15) is 4.79 Å². The fourth-order valence-electron chi connectivity index (χ4n) is 1.64. The van der Waals surface area contributed by atoms with Crippen molar-refractivity contribution in [3.8, 4) is 5.75 Å². The fraction of sp³-hybridized carbons (Fsp3) is 0.462. The molecule has 0 aromatic heterocycles. The molecule has 0 saturated carbocycles. The highest BCUT2D eigenvalue weighted by molar-refractivity contribution is 5.89. The summed E-state index contributed by atoms with van der Waals surface area (Å²) in [5.41, 5.74) is 1.85. The Morgan fingerprint density at radius 2 is 2.18 bits per heavy atom. The summed E-state index contributed by atoms with van der Waals surface area (Å²) >= 11 is 0. The van der Waals surface area contributed by atoms with Crippen molar-refractivity contribution < 1.29 is 14.6 Å². The first kappa shape index (κ1) is 13.5. The number of hydrogen-bond acceptors (Lipinski definition) is 3. The van der Waals surface area contributed by atoms with Gasteiger partial charge in [0.05, 0.1) is 7.11 Å². The van der Waals surface area contributed by atoms with Crippen molar-refractivity contribution in [3.63, 3.8) is 0 Å². The van der Waals surface area contributed by atoms with Crippen LogP contribution in [0.5, 0.6) is 5.75 Å². The van der Waals surface area contributed by atoms with E-state index in [4.69, 9.17) is 9.84 Å². The van der Waals surface area contributed by atoms with Gasteiger partial charge in [0.25, 0.3) is 0 Å². The fourth-order valence-corrected chi connectivity index (χ4v) is 1.64. The summed E-state index contributed by atoms with van der Waals surface area (Å²) in [6.07, 6.45) is 2.46. The summed E-state index contributed by atoms with van der Waals surface area (Å²) in [4.78, 5) is 11.1. The Hall–Kier alpha value is -1.55. The summed E-state index contributed by atoms with van der Waals surface area (Å²) < 4.78 is 5.16. The maximum atomic E-state index is 11.1. The SMILES string of the molecule is COc1ccc(NC(C)=O)c(CCCCO)c1. The Morgan fingerprint density at radius 3 is 2.76 bits per heavy atom. The second-order valence-corrected chi connectivity index (χ2v) is 3.88. The van der Waals surface area contributed by atoms with E-state index in [1.165, 1.54) is 6.92 Å². The number of aryl methyl sites for hydroxylation is 1. The molecule has 1 aromatic rings. The van der Waals surface area contributed by atoms with E-state index in [0.717, 1.165) is 36.3 Å². The Kier molecular flexibility index (Phi) is 5.49. The smallest absolute Gasteiger partial charge is 0.221 e. The van der Waals surface area contributed by atoms with Gasteiger partial charge in [-0.25, -0.2) is 0 Å². The molecule has 4 nitrogen and oxygen atoms in total. The van der Waals surface area contributed by atoms with Crippen LogP contribution in [0, 0.1) is 0 Å². The van der Waals surface area contributed by atoms with Gasteiger partial charge in [0.2, 0.25) is 5.91 Å². The van der Waals surface area contributed by atoms with Crippen molar-refractivity contribution in [2.45, 2.75) is 26.2 Å². The molecule has 1 aromatic carbocycles. The van der Waals surface area contributed by atoms with Gasteiger partial charge < -0.3 is 15.2 Å². The molecule has 0 fully saturated rings. The van der Waals surface area contributed by atoms with E-state index in [-0.39, 0.29) is 12.5 Å².